The van der Waals surface area contributed by atoms with Crippen LogP contribution in [0.5, 0.6) is 34.5 Å². The number of amides is 6. The molecule has 20 nitrogen and oxygen atoms in total. The Morgan fingerprint density at radius 3 is 0.927 bits per heavy atom. The SMILES string of the molecule is C.CC(C)(C)c1csc(NC(=O)NC(Cc2ccccc2)(c2cccc(OC(F)(F)F)c2)c2cccc(OC(F)(F)F)c2)n1.COC(=O)c1nc(NC(=O)NC(Cc2ccccc2)(c2cccc(OC(F)(F)F)c2)c2cccc(OC(F)(F)F)c2)sc1C(C)C.Cc1ccc(-c2csc(NC(=O)NC(Cc3ccccc3)(c3cccc(OC(F)(F)F)c3)c3cccc(OC(F)(F)F)c3)n2)cc1F. The molecule has 0 spiro atoms. The van der Waals surface area contributed by atoms with E-state index >= 15 is 0 Å². The Labute approximate surface area is 782 Å². The fourth-order valence-corrected chi connectivity index (χ4v) is 16.6. The molecule has 0 saturated carbocycles. The monoisotopic (exact) mass is 1980 g/mol. The summed E-state index contributed by atoms with van der Waals surface area (Å²) in [7, 11) is 1.18. The van der Waals surface area contributed by atoms with Gasteiger partial charge in [0.25, 0.3) is 0 Å². The van der Waals surface area contributed by atoms with Crippen molar-refractivity contribution in [2.75, 3.05) is 23.1 Å². The number of hydrogen-bond donors (Lipinski definition) is 6. The first-order chi connectivity index (χ1) is 63.8. The van der Waals surface area contributed by atoms with Gasteiger partial charge in [0, 0.05) is 45.9 Å². The summed E-state index contributed by atoms with van der Waals surface area (Å²) >= 11 is 3.20. The average Bonchev–Trinajstić information content (AvgIpc) is 1.28. The summed E-state index contributed by atoms with van der Waals surface area (Å²) in [6, 6.07) is 56.3. The zero-order chi connectivity index (χ0) is 99.0. The summed E-state index contributed by atoms with van der Waals surface area (Å²) in [6.07, 6.45) is -30.6. The van der Waals surface area contributed by atoms with Crippen molar-refractivity contribution in [1.29, 1.82) is 0 Å². The van der Waals surface area contributed by atoms with E-state index < -0.39 is 119 Å². The molecule has 137 heavy (non-hydrogen) atoms. The number of esters is 1. The molecular weight excluding hydrogens is 1900 g/mol. The van der Waals surface area contributed by atoms with Gasteiger partial charge in [0.2, 0.25) is 0 Å². The van der Waals surface area contributed by atoms with Crippen LogP contribution in [0.2, 0.25) is 0 Å². The molecule has 0 unspecified atom stereocenters. The van der Waals surface area contributed by atoms with Crippen molar-refractivity contribution >= 4 is 73.5 Å². The summed E-state index contributed by atoms with van der Waals surface area (Å²) < 4.78 is 281. The predicted molar refractivity (Wildman–Crippen MR) is 475 cm³/mol. The number of aromatic nitrogens is 3. The molecule has 42 heteroatoms. The van der Waals surface area contributed by atoms with Crippen molar-refractivity contribution in [2.24, 2.45) is 0 Å². The molecule has 6 amide bonds. The summed E-state index contributed by atoms with van der Waals surface area (Å²) in [5.41, 5.74) is -1.50. The van der Waals surface area contributed by atoms with E-state index in [0.717, 1.165) is 101 Å². The summed E-state index contributed by atoms with van der Waals surface area (Å²) in [5.74, 6) is -5.00. The van der Waals surface area contributed by atoms with Gasteiger partial charge in [-0.05, 0) is 147 Å². The van der Waals surface area contributed by atoms with E-state index in [1.165, 1.54) is 97.3 Å². The van der Waals surface area contributed by atoms with E-state index in [1.807, 2.05) is 20.8 Å². The number of hydrogen-bond acceptors (Lipinski definition) is 17. The minimum absolute atomic E-state index is 0. The van der Waals surface area contributed by atoms with E-state index in [9.17, 15) is 103 Å². The molecule has 0 radical (unpaired) electrons. The van der Waals surface area contributed by atoms with Crippen LogP contribution in [-0.4, -0.2) is 84.3 Å². The van der Waals surface area contributed by atoms with Gasteiger partial charge in [0.05, 0.1) is 35.1 Å². The second-order valence-corrected chi connectivity index (χ2v) is 33.8. The molecule has 13 aromatic rings. The fourth-order valence-electron chi connectivity index (χ4n) is 14.0. The highest BCUT2D eigenvalue weighted by Gasteiger charge is 2.45. The van der Waals surface area contributed by atoms with E-state index in [1.54, 1.807) is 135 Å². The maximum atomic E-state index is 14.2. The Morgan fingerprint density at radius 1 is 0.365 bits per heavy atom. The van der Waals surface area contributed by atoms with Crippen molar-refractivity contribution < 1.29 is 136 Å². The van der Waals surface area contributed by atoms with Crippen molar-refractivity contribution in [2.45, 2.75) is 134 Å². The molecule has 0 aliphatic heterocycles. The van der Waals surface area contributed by atoms with E-state index in [2.05, 4.69) is 75.3 Å². The van der Waals surface area contributed by atoms with E-state index in [4.69, 9.17) is 4.74 Å². The molecule has 3 aromatic heterocycles. The molecular formula is C95H82F19N9O11S3. The predicted octanol–water partition coefficient (Wildman–Crippen LogP) is 26.7. The number of urea groups is 3. The zero-order valence-electron chi connectivity index (χ0n) is 71.8. The Morgan fingerprint density at radius 2 is 0.657 bits per heavy atom. The van der Waals surface area contributed by atoms with Crippen molar-refractivity contribution in [3.8, 4) is 45.8 Å². The quantitative estimate of drug-likeness (QED) is 0.0207. The third-order valence-electron chi connectivity index (χ3n) is 19.7. The number of alkyl halides is 18. The molecule has 6 N–H and O–H groups in total. The lowest BCUT2D eigenvalue weighted by atomic mass is 9.77. The summed E-state index contributed by atoms with van der Waals surface area (Å²) in [4.78, 5) is 66.8. The van der Waals surface area contributed by atoms with Gasteiger partial charge in [-0.25, -0.2) is 38.5 Å². The summed E-state index contributed by atoms with van der Waals surface area (Å²) in [6.45, 7) is 11.1. The molecule has 0 atom stereocenters. The zero-order valence-corrected chi connectivity index (χ0v) is 74.3. The lowest BCUT2D eigenvalue weighted by Crippen LogP contribution is -2.50. The molecule has 3 heterocycles. The third-order valence-corrected chi connectivity index (χ3v) is 22.5. The Balaban J connectivity index is 0.000000212. The maximum absolute atomic E-state index is 14.2. The third kappa shape index (κ3) is 30.2. The average molecular weight is 1980 g/mol. The number of halogens is 19. The highest BCUT2D eigenvalue weighted by atomic mass is 32.1. The minimum atomic E-state index is -5.05. The van der Waals surface area contributed by atoms with Crippen LogP contribution in [0, 0.1) is 12.7 Å². The van der Waals surface area contributed by atoms with Gasteiger partial charge in [0.15, 0.2) is 21.1 Å². The van der Waals surface area contributed by atoms with E-state index in [-0.39, 0.29) is 92.5 Å². The van der Waals surface area contributed by atoms with Gasteiger partial charge in [-0.15, -0.1) is 113 Å². The van der Waals surface area contributed by atoms with Gasteiger partial charge in [-0.1, -0.05) is 218 Å². The van der Waals surface area contributed by atoms with Gasteiger partial charge >= 0.3 is 62.2 Å². The van der Waals surface area contributed by atoms with Crippen LogP contribution in [0.15, 0.2) is 266 Å². The number of rotatable bonds is 27. The second kappa shape index (κ2) is 43.7. The highest BCUT2D eigenvalue weighted by Crippen LogP contribution is 2.45. The van der Waals surface area contributed by atoms with Crippen LogP contribution in [-0.2, 0) is 46.0 Å². The molecule has 0 aliphatic carbocycles. The number of anilines is 3. The number of methoxy groups -OCH3 is 1. The first-order valence-corrected chi connectivity index (χ1v) is 42.7. The van der Waals surface area contributed by atoms with Gasteiger partial charge in [-0.2, -0.15) is 0 Å². The highest BCUT2D eigenvalue weighted by molar-refractivity contribution is 7.16. The number of ether oxygens (including phenoxy) is 7. The Bertz CT molecular complexity index is 6090. The van der Waals surface area contributed by atoms with Crippen molar-refractivity contribution in [3.63, 3.8) is 0 Å². The first-order valence-electron chi connectivity index (χ1n) is 40.1. The van der Waals surface area contributed by atoms with E-state index in [0.29, 0.717) is 38.4 Å². The van der Waals surface area contributed by atoms with Gasteiger partial charge in [0.1, 0.15) is 40.3 Å². The molecule has 0 fully saturated rings. The number of thiazole rings is 3. The Hall–Kier alpha value is -14.2. The van der Waals surface area contributed by atoms with Crippen LogP contribution in [0.1, 0.15) is 125 Å². The van der Waals surface area contributed by atoms with Crippen molar-refractivity contribution in [3.05, 3.63) is 343 Å². The minimum Gasteiger partial charge on any atom is -0.464 e. The number of nitrogens with zero attached hydrogens (tertiary/aromatic N) is 3. The van der Waals surface area contributed by atoms with Gasteiger partial charge in [-0.3, -0.25) is 16.0 Å². The second-order valence-electron chi connectivity index (χ2n) is 31.1. The molecule has 724 valence electrons. The van der Waals surface area contributed by atoms with Crippen LogP contribution >= 0.6 is 34.0 Å². The number of carbonyl (C=O) groups excluding carboxylic acids is 4. The fraction of sp³-hybridized carbons (Fsp3) is 0.232. The summed E-state index contributed by atoms with van der Waals surface area (Å²) in [5, 5.41) is 19.9. The molecule has 0 aliphatic rings. The number of aryl methyl sites for hydroxylation is 1. The molecule has 0 saturated heterocycles. The van der Waals surface area contributed by atoms with Gasteiger partial charge < -0.3 is 49.1 Å². The number of benzene rings is 10. The van der Waals surface area contributed by atoms with Crippen LogP contribution in [0.25, 0.3) is 11.3 Å². The number of carbonyl (C=O) groups is 4. The van der Waals surface area contributed by atoms with Crippen LogP contribution in [0.4, 0.5) is 113 Å². The Kier molecular flexibility index (Phi) is 33.4. The molecule has 0 bridgehead atoms. The lowest BCUT2D eigenvalue weighted by Gasteiger charge is -2.37. The lowest BCUT2D eigenvalue weighted by molar-refractivity contribution is -0.275. The molecule has 10 aromatic carbocycles. The van der Waals surface area contributed by atoms with Crippen LogP contribution in [0.3, 0.4) is 0 Å². The molecule has 13 rings (SSSR count). The smallest absolute Gasteiger partial charge is 0.464 e. The largest absolute Gasteiger partial charge is 0.573 e. The van der Waals surface area contributed by atoms with Crippen molar-refractivity contribution in [1.82, 2.24) is 30.9 Å². The maximum Gasteiger partial charge on any atom is 0.573 e. The first kappa shape index (κ1) is 105. The number of nitrogens with one attached hydrogen (secondary N) is 6. The van der Waals surface area contributed by atoms with Crippen LogP contribution < -0.4 is 60.3 Å². The normalized spacial score (nSPS) is 12.1. The standard InChI is InChI=1S/C33H24F7N3O3S.C31H27F6N3O5S.C30H27F6N3O3S.CH4/c1-20-13-14-22(15-27(20)34)28-19-47-30(41-28)42-29(44)43-31(18-21-7-3-2-4-8-21,23-9-5-11-25(16-23)45-32(35,36)37)24-10-6-12-26(17-24)46-33(38,39)40;1-18(2)25-24(26(41)43-3)38-28(46-25)39-27(42)40-29(17-19-9-5-4-6-10-19,20-11-7-13-22(15-20)44-30(32,33)34)21-12-8-14-23(16-21)45-31(35,36)37;1-27(2,3)24-18-43-26(37-24)38-25(40)39-28(17-19-9-5-4-6-10-19,20-11-7-13-22(15-20)41-29(31,32)33)21-12-8-14-23(16-21)42-30(34,35)36;/h2-17,19H,18H2,1H3,(H2,41,42,43,44);4-16,18H,17H2,1-3H3,(H2,38,39,40,42);4-16,18H,17H2,1-3H3,(H2,37,38,39,40);1H4. The topological polar surface area (TPSA) is 244 Å².